The van der Waals surface area contributed by atoms with Crippen LogP contribution in [0.4, 0.5) is 0 Å². The number of aliphatic carboxylic acids is 1. The van der Waals surface area contributed by atoms with E-state index in [0.29, 0.717) is 36.0 Å². The van der Waals surface area contributed by atoms with Crippen molar-refractivity contribution in [3.8, 4) is 23.0 Å². The molecule has 156 valence electrons. The Bertz CT molecular complexity index is 868. The molecule has 1 aliphatic rings. The molecule has 0 aromatic heterocycles. The van der Waals surface area contributed by atoms with Crippen molar-refractivity contribution in [2.75, 3.05) is 35.0 Å². The summed E-state index contributed by atoms with van der Waals surface area (Å²) in [6.45, 7) is 0.663. The van der Waals surface area contributed by atoms with Crippen molar-refractivity contribution in [2.45, 2.75) is 24.9 Å². The molecule has 1 fully saturated rings. The Balaban J connectivity index is 2.20. The highest BCUT2D eigenvalue weighted by Crippen LogP contribution is 2.44. The fourth-order valence-corrected chi connectivity index (χ4v) is 4.06. The van der Waals surface area contributed by atoms with E-state index in [1.54, 1.807) is 28.4 Å². The quantitative estimate of drug-likeness (QED) is 0.727. The van der Waals surface area contributed by atoms with Crippen LogP contribution in [0.3, 0.4) is 0 Å². The SMILES string of the molecule is COc1ccc(C(c2cccc(OC)c2OC)N2CCCC2C(=O)O)cc1OC. The van der Waals surface area contributed by atoms with E-state index in [1.165, 1.54) is 0 Å². The molecule has 0 amide bonds. The summed E-state index contributed by atoms with van der Waals surface area (Å²) in [6, 6.07) is 10.4. The number of hydrogen-bond donors (Lipinski definition) is 1. The van der Waals surface area contributed by atoms with Crippen molar-refractivity contribution in [3.05, 3.63) is 47.5 Å². The molecule has 3 rings (SSSR count). The standard InChI is InChI=1S/C22H27NO6/c1-26-17-11-10-14(13-19(17)28-3)20(23-12-6-8-16(23)22(24)25)15-7-5-9-18(27-2)21(15)29-4/h5,7,9-11,13,16,20H,6,8,12H2,1-4H3,(H,24,25). The molecule has 2 aromatic rings. The van der Waals surface area contributed by atoms with E-state index in [1.807, 2.05) is 41.3 Å². The summed E-state index contributed by atoms with van der Waals surface area (Å²) in [4.78, 5) is 13.9. The maximum absolute atomic E-state index is 11.9. The van der Waals surface area contributed by atoms with Crippen molar-refractivity contribution in [1.82, 2.24) is 4.90 Å². The number of benzene rings is 2. The molecule has 0 spiro atoms. The molecule has 0 aliphatic carbocycles. The summed E-state index contributed by atoms with van der Waals surface area (Å²) in [5.41, 5.74) is 1.73. The molecular formula is C22H27NO6. The summed E-state index contributed by atoms with van der Waals surface area (Å²) >= 11 is 0. The normalized spacial score (nSPS) is 17.6. The van der Waals surface area contributed by atoms with Gasteiger partial charge in [0.1, 0.15) is 6.04 Å². The second-order valence-electron chi connectivity index (χ2n) is 6.83. The summed E-state index contributed by atoms with van der Waals surface area (Å²) in [6.07, 6.45) is 1.42. The maximum Gasteiger partial charge on any atom is 0.320 e. The Hall–Kier alpha value is -2.93. The van der Waals surface area contributed by atoms with Crippen LogP contribution in [0.15, 0.2) is 36.4 Å². The van der Waals surface area contributed by atoms with E-state index in [9.17, 15) is 9.90 Å². The summed E-state index contributed by atoms with van der Waals surface area (Å²) in [5.74, 6) is 1.56. The third kappa shape index (κ3) is 3.96. The van der Waals surface area contributed by atoms with Crippen LogP contribution in [-0.4, -0.2) is 57.0 Å². The number of rotatable bonds is 8. The highest BCUT2D eigenvalue weighted by atomic mass is 16.5. The Morgan fingerprint density at radius 2 is 1.72 bits per heavy atom. The lowest BCUT2D eigenvalue weighted by molar-refractivity contribution is -0.142. The Morgan fingerprint density at radius 3 is 2.34 bits per heavy atom. The lowest BCUT2D eigenvalue weighted by Gasteiger charge is -2.33. The number of hydrogen-bond acceptors (Lipinski definition) is 6. The fourth-order valence-electron chi connectivity index (χ4n) is 4.06. The lowest BCUT2D eigenvalue weighted by Crippen LogP contribution is -2.39. The molecule has 2 unspecified atom stereocenters. The van der Waals surface area contributed by atoms with Crippen molar-refractivity contribution >= 4 is 5.97 Å². The minimum absolute atomic E-state index is 0.344. The van der Waals surface area contributed by atoms with Crippen molar-refractivity contribution < 1.29 is 28.8 Å². The van der Waals surface area contributed by atoms with Gasteiger partial charge in [-0.1, -0.05) is 18.2 Å². The van der Waals surface area contributed by atoms with E-state index in [-0.39, 0.29) is 6.04 Å². The summed E-state index contributed by atoms with van der Waals surface area (Å²) in [7, 11) is 6.34. The molecule has 0 radical (unpaired) electrons. The third-order valence-corrected chi connectivity index (χ3v) is 5.36. The molecule has 0 bridgehead atoms. The van der Waals surface area contributed by atoms with Crippen LogP contribution in [0.1, 0.15) is 30.0 Å². The minimum atomic E-state index is -0.824. The molecule has 1 saturated heterocycles. The number of likely N-dealkylation sites (tertiary alicyclic amines) is 1. The van der Waals surface area contributed by atoms with E-state index < -0.39 is 12.0 Å². The van der Waals surface area contributed by atoms with Gasteiger partial charge in [0, 0.05) is 12.1 Å². The van der Waals surface area contributed by atoms with Crippen LogP contribution in [0.5, 0.6) is 23.0 Å². The molecule has 1 aliphatic heterocycles. The number of nitrogens with zero attached hydrogens (tertiary/aromatic N) is 1. The average molecular weight is 401 g/mol. The number of ether oxygens (including phenoxy) is 4. The largest absolute Gasteiger partial charge is 0.493 e. The van der Waals surface area contributed by atoms with Crippen LogP contribution >= 0.6 is 0 Å². The van der Waals surface area contributed by atoms with Gasteiger partial charge in [-0.25, -0.2) is 0 Å². The fraction of sp³-hybridized carbons (Fsp3) is 0.409. The number of methoxy groups -OCH3 is 4. The molecule has 1 heterocycles. The zero-order valence-corrected chi connectivity index (χ0v) is 17.2. The van der Waals surface area contributed by atoms with Gasteiger partial charge in [0.25, 0.3) is 0 Å². The topological polar surface area (TPSA) is 77.5 Å². The average Bonchev–Trinajstić information content (AvgIpc) is 3.23. The lowest BCUT2D eigenvalue weighted by atomic mass is 9.94. The summed E-state index contributed by atoms with van der Waals surface area (Å²) in [5, 5.41) is 9.79. The second kappa shape index (κ2) is 9.05. The summed E-state index contributed by atoms with van der Waals surface area (Å²) < 4.78 is 22.0. The molecule has 0 saturated carbocycles. The smallest absolute Gasteiger partial charge is 0.320 e. The highest BCUT2D eigenvalue weighted by molar-refractivity contribution is 5.74. The predicted molar refractivity (Wildman–Crippen MR) is 108 cm³/mol. The van der Waals surface area contributed by atoms with E-state index >= 15 is 0 Å². The first kappa shape index (κ1) is 20.8. The van der Waals surface area contributed by atoms with Gasteiger partial charge in [-0.15, -0.1) is 0 Å². The Morgan fingerprint density at radius 1 is 1.00 bits per heavy atom. The predicted octanol–water partition coefficient (Wildman–Crippen LogP) is 3.36. The molecular weight excluding hydrogens is 374 g/mol. The molecule has 29 heavy (non-hydrogen) atoms. The van der Waals surface area contributed by atoms with Crippen molar-refractivity contribution in [3.63, 3.8) is 0 Å². The van der Waals surface area contributed by atoms with Gasteiger partial charge >= 0.3 is 5.97 Å². The first-order chi connectivity index (χ1) is 14.0. The van der Waals surface area contributed by atoms with Gasteiger partial charge < -0.3 is 24.1 Å². The zero-order chi connectivity index (χ0) is 21.0. The molecule has 2 aromatic carbocycles. The molecule has 7 heteroatoms. The van der Waals surface area contributed by atoms with Gasteiger partial charge in [0.2, 0.25) is 0 Å². The molecule has 1 N–H and O–H groups in total. The van der Waals surface area contributed by atoms with Gasteiger partial charge in [0.05, 0.1) is 34.5 Å². The first-order valence-electron chi connectivity index (χ1n) is 9.47. The van der Waals surface area contributed by atoms with Gasteiger partial charge in [-0.2, -0.15) is 0 Å². The first-order valence-corrected chi connectivity index (χ1v) is 9.47. The second-order valence-corrected chi connectivity index (χ2v) is 6.83. The van der Waals surface area contributed by atoms with Crippen LogP contribution < -0.4 is 18.9 Å². The van der Waals surface area contributed by atoms with Crippen molar-refractivity contribution in [1.29, 1.82) is 0 Å². The van der Waals surface area contributed by atoms with Crippen LogP contribution in [0.25, 0.3) is 0 Å². The van der Waals surface area contributed by atoms with Crippen molar-refractivity contribution in [2.24, 2.45) is 0 Å². The van der Waals surface area contributed by atoms with E-state index in [0.717, 1.165) is 17.5 Å². The van der Waals surface area contributed by atoms with Crippen LogP contribution in [0, 0.1) is 0 Å². The number of carbonyl (C=O) groups is 1. The highest BCUT2D eigenvalue weighted by Gasteiger charge is 2.38. The monoisotopic (exact) mass is 401 g/mol. The van der Waals surface area contributed by atoms with Crippen LogP contribution in [0.2, 0.25) is 0 Å². The zero-order valence-electron chi connectivity index (χ0n) is 17.2. The van der Waals surface area contributed by atoms with E-state index in [2.05, 4.69) is 0 Å². The number of carboxylic acid groups (broad SMARTS) is 1. The number of para-hydroxylation sites is 1. The number of carboxylic acids is 1. The van der Waals surface area contributed by atoms with Crippen LogP contribution in [-0.2, 0) is 4.79 Å². The van der Waals surface area contributed by atoms with Gasteiger partial charge in [0.15, 0.2) is 23.0 Å². The third-order valence-electron chi connectivity index (χ3n) is 5.36. The Labute approximate surface area is 170 Å². The minimum Gasteiger partial charge on any atom is -0.493 e. The molecule has 2 atom stereocenters. The van der Waals surface area contributed by atoms with E-state index in [4.69, 9.17) is 18.9 Å². The Kier molecular flexibility index (Phi) is 6.49. The van der Waals surface area contributed by atoms with Gasteiger partial charge in [-0.05, 0) is 36.6 Å². The maximum atomic E-state index is 11.9. The van der Waals surface area contributed by atoms with Gasteiger partial charge in [-0.3, -0.25) is 9.69 Å². The molecule has 7 nitrogen and oxygen atoms in total.